The number of nitrogens with one attached hydrogen (secondary N) is 1. The van der Waals surface area contributed by atoms with Crippen LogP contribution >= 0.6 is 0 Å². The predicted octanol–water partition coefficient (Wildman–Crippen LogP) is 1.59. The van der Waals surface area contributed by atoms with E-state index in [1.807, 2.05) is 13.8 Å². The lowest BCUT2D eigenvalue weighted by Crippen LogP contribution is -2.47. The van der Waals surface area contributed by atoms with Crippen LogP contribution in [-0.4, -0.2) is 36.7 Å². The summed E-state index contributed by atoms with van der Waals surface area (Å²) in [6.45, 7) is 8.52. The van der Waals surface area contributed by atoms with E-state index in [0.29, 0.717) is 32.5 Å². The maximum atomic E-state index is 11.9. The summed E-state index contributed by atoms with van der Waals surface area (Å²) in [5.74, 6) is -1.15. The maximum Gasteiger partial charge on any atom is 0.311 e. The number of aliphatic carboxylic acids is 1. The Labute approximate surface area is 114 Å². The summed E-state index contributed by atoms with van der Waals surface area (Å²) in [5.41, 5.74) is 0.0679. The van der Waals surface area contributed by atoms with Crippen molar-refractivity contribution in [2.75, 3.05) is 19.8 Å². The van der Waals surface area contributed by atoms with Crippen LogP contribution in [0.1, 0.15) is 33.1 Å². The Hall–Kier alpha value is -1.36. The van der Waals surface area contributed by atoms with Gasteiger partial charge in [0, 0.05) is 25.7 Å². The minimum absolute atomic E-state index is 0.116. The number of hydrogen-bond donors (Lipinski definition) is 2. The zero-order valence-corrected chi connectivity index (χ0v) is 11.7. The minimum atomic E-state index is -0.878. The monoisotopic (exact) mass is 269 g/mol. The molecule has 0 radical (unpaired) electrons. The first kappa shape index (κ1) is 15.7. The number of rotatable bonds is 6. The summed E-state index contributed by atoms with van der Waals surface area (Å²) >= 11 is 0. The Bertz CT molecular complexity index is 358. The van der Waals surface area contributed by atoms with E-state index >= 15 is 0 Å². The summed E-state index contributed by atoms with van der Waals surface area (Å²) in [7, 11) is 0. The van der Waals surface area contributed by atoms with Crippen LogP contribution in [-0.2, 0) is 14.3 Å². The van der Waals surface area contributed by atoms with Crippen LogP contribution in [0.15, 0.2) is 12.2 Å². The quantitative estimate of drug-likeness (QED) is 0.718. The molecular formula is C14H23NO4. The average molecular weight is 269 g/mol. The number of carbonyl (C=O) groups is 2. The number of carbonyl (C=O) groups excluding carboxylic acids is 1. The van der Waals surface area contributed by atoms with Gasteiger partial charge < -0.3 is 15.2 Å². The van der Waals surface area contributed by atoms with Gasteiger partial charge in [0.05, 0.1) is 5.41 Å². The summed E-state index contributed by atoms with van der Waals surface area (Å²) in [5, 5.41) is 12.1. The molecular weight excluding hydrogens is 246 g/mol. The third-order valence-corrected chi connectivity index (χ3v) is 3.61. The first-order chi connectivity index (χ1) is 8.87. The van der Waals surface area contributed by atoms with Crippen LogP contribution in [0, 0.1) is 11.3 Å². The second kappa shape index (κ2) is 6.70. The van der Waals surface area contributed by atoms with Gasteiger partial charge in [-0.15, -0.1) is 6.58 Å². The normalized spacial score (nSPS) is 19.5. The molecule has 1 aliphatic heterocycles. The lowest BCUT2D eigenvalue weighted by molar-refractivity contribution is -0.154. The Morgan fingerprint density at radius 3 is 2.47 bits per heavy atom. The number of allylic oxidation sites excluding steroid dienone is 1. The molecule has 1 aliphatic rings. The Kier molecular flexibility index (Phi) is 5.54. The number of ether oxygens (including phenoxy) is 1. The van der Waals surface area contributed by atoms with E-state index in [0.717, 1.165) is 5.57 Å². The summed E-state index contributed by atoms with van der Waals surface area (Å²) in [6, 6.07) is 0. The fraction of sp³-hybridized carbons (Fsp3) is 0.714. The van der Waals surface area contributed by atoms with E-state index in [1.54, 1.807) is 0 Å². The molecule has 0 aromatic carbocycles. The lowest BCUT2D eigenvalue weighted by atomic mass is 9.80. The SMILES string of the molecule is C=C(C)CC(C)C(=O)NCC1(C(=O)O)CCOCC1. The van der Waals surface area contributed by atoms with Crippen molar-refractivity contribution in [3.8, 4) is 0 Å². The van der Waals surface area contributed by atoms with Crippen molar-refractivity contribution < 1.29 is 19.4 Å². The molecule has 0 aromatic rings. The van der Waals surface area contributed by atoms with Gasteiger partial charge in [0.2, 0.25) is 5.91 Å². The van der Waals surface area contributed by atoms with Crippen LogP contribution in [0.5, 0.6) is 0 Å². The smallest absolute Gasteiger partial charge is 0.311 e. The van der Waals surface area contributed by atoms with E-state index < -0.39 is 11.4 Å². The van der Waals surface area contributed by atoms with Gasteiger partial charge in [0.25, 0.3) is 0 Å². The van der Waals surface area contributed by atoms with Crippen molar-refractivity contribution in [1.82, 2.24) is 5.32 Å². The van der Waals surface area contributed by atoms with Gasteiger partial charge in [0.1, 0.15) is 0 Å². The fourth-order valence-electron chi connectivity index (χ4n) is 2.27. The van der Waals surface area contributed by atoms with E-state index in [1.165, 1.54) is 0 Å². The summed E-state index contributed by atoms with van der Waals surface area (Å²) in [6.07, 6.45) is 1.50. The second-order valence-corrected chi connectivity index (χ2v) is 5.48. The highest BCUT2D eigenvalue weighted by Crippen LogP contribution is 2.30. The van der Waals surface area contributed by atoms with Gasteiger partial charge in [-0.25, -0.2) is 0 Å². The molecule has 19 heavy (non-hydrogen) atoms. The van der Waals surface area contributed by atoms with Crippen LogP contribution in [0.4, 0.5) is 0 Å². The highest BCUT2D eigenvalue weighted by atomic mass is 16.5. The molecule has 0 aliphatic carbocycles. The molecule has 2 N–H and O–H groups in total. The van der Waals surface area contributed by atoms with E-state index in [2.05, 4.69) is 11.9 Å². The molecule has 1 saturated heterocycles. The predicted molar refractivity (Wildman–Crippen MR) is 71.7 cm³/mol. The molecule has 1 fully saturated rings. The van der Waals surface area contributed by atoms with E-state index in [-0.39, 0.29) is 18.4 Å². The molecule has 108 valence electrons. The van der Waals surface area contributed by atoms with Crippen LogP contribution in [0.2, 0.25) is 0 Å². The molecule has 5 nitrogen and oxygen atoms in total. The molecule has 0 saturated carbocycles. The lowest BCUT2D eigenvalue weighted by Gasteiger charge is -2.33. The number of carboxylic acids is 1. The first-order valence-electron chi connectivity index (χ1n) is 6.60. The minimum Gasteiger partial charge on any atom is -0.481 e. The molecule has 5 heteroatoms. The van der Waals surface area contributed by atoms with E-state index in [9.17, 15) is 14.7 Å². The van der Waals surface area contributed by atoms with Crippen molar-refractivity contribution in [2.24, 2.45) is 11.3 Å². The molecule has 1 unspecified atom stereocenters. The third kappa shape index (κ3) is 4.35. The Balaban J connectivity index is 2.54. The second-order valence-electron chi connectivity index (χ2n) is 5.48. The Morgan fingerprint density at radius 1 is 1.42 bits per heavy atom. The highest BCUT2D eigenvalue weighted by Gasteiger charge is 2.40. The molecule has 0 aromatic heterocycles. The van der Waals surface area contributed by atoms with Crippen molar-refractivity contribution in [3.63, 3.8) is 0 Å². The molecule has 1 rings (SSSR count). The fourth-order valence-corrected chi connectivity index (χ4v) is 2.27. The topological polar surface area (TPSA) is 75.6 Å². The van der Waals surface area contributed by atoms with Gasteiger partial charge in [-0.1, -0.05) is 12.5 Å². The van der Waals surface area contributed by atoms with Crippen LogP contribution in [0.25, 0.3) is 0 Å². The van der Waals surface area contributed by atoms with Crippen molar-refractivity contribution in [1.29, 1.82) is 0 Å². The first-order valence-corrected chi connectivity index (χ1v) is 6.60. The van der Waals surface area contributed by atoms with Crippen molar-refractivity contribution >= 4 is 11.9 Å². The number of hydrogen-bond acceptors (Lipinski definition) is 3. The standard InChI is InChI=1S/C14H23NO4/c1-10(2)8-11(3)12(16)15-9-14(13(17)18)4-6-19-7-5-14/h11H,1,4-9H2,2-3H3,(H,15,16)(H,17,18). The van der Waals surface area contributed by atoms with Crippen LogP contribution in [0.3, 0.4) is 0 Å². The van der Waals surface area contributed by atoms with E-state index in [4.69, 9.17) is 4.74 Å². The zero-order valence-electron chi connectivity index (χ0n) is 11.7. The summed E-state index contributed by atoms with van der Waals surface area (Å²) < 4.78 is 5.19. The molecule has 0 spiro atoms. The van der Waals surface area contributed by atoms with Crippen LogP contribution < -0.4 is 5.32 Å². The van der Waals surface area contributed by atoms with Crippen molar-refractivity contribution in [2.45, 2.75) is 33.1 Å². The summed E-state index contributed by atoms with van der Waals surface area (Å²) in [4.78, 5) is 23.3. The van der Waals surface area contributed by atoms with Gasteiger partial charge in [-0.3, -0.25) is 9.59 Å². The molecule has 0 bridgehead atoms. The molecule has 1 amide bonds. The van der Waals surface area contributed by atoms with Gasteiger partial charge >= 0.3 is 5.97 Å². The van der Waals surface area contributed by atoms with Gasteiger partial charge in [-0.05, 0) is 26.2 Å². The van der Waals surface area contributed by atoms with Crippen molar-refractivity contribution in [3.05, 3.63) is 12.2 Å². The molecule has 1 atom stereocenters. The number of carboxylic acid groups (broad SMARTS) is 1. The highest BCUT2D eigenvalue weighted by molar-refractivity contribution is 5.80. The zero-order chi connectivity index (χ0) is 14.5. The third-order valence-electron chi connectivity index (χ3n) is 3.61. The number of amides is 1. The maximum absolute atomic E-state index is 11.9. The van der Waals surface area contributed by atoms with Gasteiger partial charge in [0.15, 0.2) is 0 Å². The van der Waals surface area contributed by atoms with Gasteiger partial charge in [-0.2, -0.15) is 0 Å². The average Bonchev–Trinajstić information content (AvgIpc) is 2.36. The molecule has 1 heterocycles. The largest absolute Gasteiger partial charge is 0.481 e. The Morgan fingerprint density at radius 2 is 2.00 bits per heavy atom.